The van der Waals surface area contributed by atoms with Gasteiger partial charge in [0.05, 0.1) is 8.07 Å². The smallest absolute Gasteiger partial charge is 0.0725 e. The van der Waals surface area contributed by atoms with Crippen LogP contribution in [0, 0.1) is 0 Å². The Labute approximate surface area is 91.9 Å². The summed E-state index contributed by atoms with van der Waals surface area (Å²) in [6.45, 7) is 21.6. The molecule has 0 aliphatic carbocycles. The van der Waals surface area contributed by atoms with Crippen molar-refractivity contribution in [2.45, 2.75) is 65.3 Å². The minimum atomic E-state index is -1.19. The first-order valence-corrected chi connectivity index (χ1v) is 9.04. The van der Waals surface area contributed by atoms with E-state index in [0.717, 1.165) is 5.54 Å². The molecule has 0 aromatic carbocycles. The number of hydrogen-bond acceptors (Lipinski definition) is 1. The van der Waals surface area contributed by atoms with E-state index >= 15 is 0 Å². The van der Waals surface area contributed by atoms with Crippen molar-refractivity contribution in [2.75, 3.05) is 13.1 Å². The van der Waals surface area contributed by atoms with Crippen molar-refractivity contribution in [3.8, 4) is 0 Å². The van der Waals surface area contributed by atoms with Gasteiger partial charge in [-0.2, -0.15) is 0 Å². The summed E-state index contributed by atoms with van der Waals surface area (Å²) in [4.78, 5) is 2.62. The van der Waals surface area contributed by atoms with Crippen LogP contribution in [0.5, 0.6) is 0 Å². The molecule has 0 heterocycles. The van der Waals surface area contributed by atoms with Crippen LogP contribution in [-0.4, -0.2) is 31.2 Å². The van der Waals surface area contributed by atoms with Crippen LogP contribution in [0.4, 0.5) is 0 Å². The van der Waals surface area contributed by atoms with Gasteiger partial charge in [-0.05, 0) is 32.5 Å². The van der Waals surface area contributed by atoms with Crippen molar-refractivity contribution in [2.24, 2.45) is 0 Å². The first-order valence-electron chi connectivity index (χ1n) is 5.96. The minimum Gasteiger partial charge on any atom is -0.301 e. The van der Waals surface area contributed by atoms with Crippen molar-refractivity contribution in [1.82, 2.24) is 4.90 Å². The third-order valence-corrected chi connectivity index (χ3v) is 10.9. The molecule has 1 nitrogen and oxygen atoms in total. The normalized spacial score (nSPS) is 14.1. The molecule has 0 N–H and O–H groups in total. The number of hydrogen-bond donors (Lipinski definition) is 0. The highest BCUT2D eigenvalue weighted by molar-refractivity contribution is 6.81. The van der Waals surface area contributed by atoms with Crippen molar-refractivity contribution in [1.29, 1.82) is 0 Å². The summed E-state index contributed by atoms with van der Waals surface area (Å²) in [7, 11) is -1.19. The first-order chi connectivity index (χ1) is 6.21. The molecule has 0 rings (SSSR count). The van der Waals surface area contributed by atoms with Gasteiger partial charge in [0, 0.05) is 5.16 Å². The van der Waals surface area contributed by atoms with E-state index in [-0.39, 0.29) is 0 Å². The summed E-state index contributed by atoms with van der Waals surface area (Å²) >= 11 is 0. The summed E-state index contributed by atoms with van der Waals surface area (Å²) in [5.74, 6) is 0. The third-order valence-electron chi connectivity index (χ3n) is 4.57. The molecular weight excluding hydrogens is 186 g/mol. The highest BCUT2D eigenvalue weighted by atomic mass is 28.3. The molecule has 0 aromatic heterocycles. The summed E-state index contributed by atoms with van der Waals surface area (Å²) in [5, 5.41) is 0.407. The van der Waals surface area contributed by atoms with E-state index in [1.807, 2.05) is 0 Å². The lowest BCUT2D eigenvalue weighted by molar-refractivity contribution is 0.197. The average Bonchev–Trinajstić information content (AvgIpc) is 2.05. The highest BCUT2D eigenvalue weighted by Gasteiger charge is 2.44. The van der Waals surface area contributed by atoms with Gasteiger partial charge in [0.25, 0.3) is 0 Å². The molecule has 0 aromatic rings. The van der Waals surface area contributed by atoms with E-state index in [2.05, 4.69) is 59.5 Å². The van der Waals surface area contributed by atoms with E-state index in [0.29, 0.717) is 5.16 Å². The zero-order valence-electron chi connectivity index (χ0n) is 11.4. The van der Waals surface area contributed by atoms with Crippen LogP contribution in [0.15, 0.2) is 0 Å². The van der Waals surface area contributed by atoms with Crippen LogP contribution >= 0.6 is 0 Å². The standard InChI is InChI=1S/C12H29NSi/c1-9-13(10-2)12(5,6)14(7,8)11(3)4/h11H,9-10H2,1-8H3. The molecule has 0 aliphatic rings. The molecule has 0 atom stereocenters. The Morgan fingerprint density at radius 1 is 1.07 bits per heavy atom. The van der Waals surface area contributed by atoms with Crippen LogP contribution in [-0.2, 0) is 0 Å². The molecule has 0 unspecified atom stereocenters. The van der Waals surface area contributed by atoms with Crippen LogP contribution < -0.4 is 0 Å². The number of nitrogens with zero attached hydrogens (tertiary/aromatic N) is 1. The van der Waals surface area contributed by atoms with Crippen LogP contribution in [0.3, 0.4) is 0 Å². The van der Waals surface area contributed by atoms with Crippen molar-refractivity contribution < 1.29 is 0 Å². The maximum absolute atomic E-state index is 2.62. The Kier molecular flexibility index (Phi) is 4.86. The Balaban J connectivity index is 4.91. The van der Waals surface area contributed by atoms with Crippen molar-refractivity contribution in [3.05, 3.63) is 0 Å². The lowest BCUT2D eigenvalue weighted by Gasteiger charge is -2.50. The molecule has 0 bridgehead atoms. The minimum absolute atomic E-state index is 0.407. The van der Waals surface area contributed by atoms with Gasteiger partial charge >= 0.3 is 0 Å². The maximum atomic E-state index is 2.62. The fourth-order valence-electron chi connectivity index (χ4n) is 2.13. The van der Waals surface area contributed by atoms with Gasteiger partial charge in [-0.1, -0.05) is 40.8 Å². The van der Waals surface area contributed by atoms with Crippen LogP contribution in [0.1, 0.15) is 41.5 Å². The molecule has 86 valence electrons. The summed E-state index contributed by atoms with van der Waals surface area (Å²) < 4.78 is 0. The van der Waals surface area contributed by atoms with Gasteiger partial charge in [0.15, 0.2) is 0 Å². The summed E-state index contributed by atoms with van der Waals surface area (Å²) in [6.07, 6.45) is 0. The monoisotopic (exact) mass is 215 g/mol. The molecule has 0 spiro atoms. The van der Waals surface area contributed by atoms with Crippen molar-refractivity contribution >= 4 is 8.07 Å². The predicted molar refractivity (Wildman–Crippen MR) is 69.6 cm³/mol. The molecule has 0 aliphatic heterocycles. The second-order valence-corrected chi connectivity index (χ2v) is 11.4. The lowest BCUT2D eigenvalue weighted by atomic mass is 10.3. The van der Waals surface area contributed by atoms with Gasteiger partial charge in [-0.15, -0.1) is 0 Å². The lowest BCUT2D eigenvalue weighted by Crippen LogP contribution is -2.62. The molecule has 0 amide bonds. The molecule has 2 heteroatoms. The van der Waals surface area contributed by atoms with Gasteiger partial charge in [-0.25, -0.2) is 0 Å². The summed E-state index contributed by atoms with van der Waals surface area (Å²) in [5.41, 5.74) is 0.845. The second kappa shape index (κ2) is 4.80. The van der Waals surface area contributed by atoms with E-state index < -0.39 is 8.07 Å². The highest BCUT2D eigenvalue weighted by Crippen LogP contribution is 2.35. The fourth-order valence-corrected chi connectivity index (χ4v) is 4.67. The molecule has 0 saturated carbocycles. The van der Waals surface area contributed by atoms with Crippen molar-refractivity contribution in [3.63, 3.8) is 0 Å². The molecule has 0 fully saturated rings. The largest absolute Gasteiger partial charge is 0.301 e. The van der Waals surface area contributed by atoms with Gasteiger partial charge in [0.1, 0.15) is 0 Å². The van der Waals surface area contributed by atoms with E-state index in [9.17, 15) is 0 Å². The molecule has 0 radical (unpaired) electrons. The SMILES string of the molecule is CCN(CC)C(C)(C)[Si](C)(C)C(C)C. The second-order valence-electron chi connectivity index (χ2n) is 5.61. The fraction of sp³-hybridized carbons (Fsp3) is 1.00. The Hall–Kier alpha value is 0.177. The third kappa shape index (κ3) is 2.40. The van der Waals surface area contributed by atoms with E-state index in [1.54, 1.807) is 0 Å². The predicted octanol–water partition coefficient (Wildman–Crippen LogP) is 3.76. The van der Waals surface area contributed by atoms with Crippen LogP contribution in [0.2, 0.25) is 18.6 Å². The van der Waals surface area contributed by atoms with Gasteiger partial charge in [-0.3, -0.25) is 0 Å². The first kappa shape index (κ1) is 14.2. The number of rotatable bonds is 5. The average molecular weight is 215 g/mol. The summed E-state index contributed by atoms with van der Waals surface area (Å²) in [6, 6.07) is 0. The Morgan fingerprint density at radius 2 is 1.43 bits per heavy atom. The quantitative estimate of drug-likeness (QED) is 0.631. The zero-order valence-corrected chi connectivity index (χ0v) is 12.4. The van der Waals surface area contributed by atoms with E-state index in [1.165, 1.54) is 13.1 Å². The molecule has 0 saturated heterocycles. The Morgan fingerprint density at radius 3 is 1.64 bits per heavy atom. The van der Waals surface area contributed by atoms with Gasteiger partial charge < -0.3 is 4.90 Å². The molecular formula is C12H29NSi. The van der Waals surface area contributed by atoms with E-state index in [4.69, 9.17) is 0 Å². The zero-order chi connectivity index (χ0) is 11.6. The van der Waals surface area contributed by atoms with Crippen LogP contribution in [0.25, 0.3) is 0 Å². The Bertz CT molecular complexity index is 169. The maximum Gasteiger partial charge on any atom is 0.0725 e. The molecule has 14 heavy (non-hydrogen) atoms. The van der Waals surface area contributed by atoms with Gasteiger partial charge in [0.2, 0.25) is 0 Å². The topological polar surface area (TPSA) is 3.24 Å².